The lowest BCUT2D eigenvalue weighted by Gasteiger charge is -2.25. The third-order valence-electron chi connectivity index (χ3n) is 4.58. The fourth-order valence-electron chi connectivity index (χ4n) is 3.25. The van der Waals surface area contributed by atoms with E-state index in [0.29, 0.717) is 23.7 Å². The first kappa shape index (κ1) is 21.2. The number of carbonyl (C=O) groups is 2. The number of pyridine rings is 1. The largest absolute Gasteiger partial charge is 0.493 e. The molecule has 1 aliphatic rings. The van der Waals surface area contributed by atoms with E-state index < -0.39 is 23.4 Å². The van der Waals surface area contributed by atoms with Gasteiger partial charge in [-0.3, -0.25) is 9.59 Å². The molecule has 8 nitrogen and oxygen atoms in total. The van der Waals surface area contributed by atoms with Gasteiger partial charge in [-0.2, -0.15) is 0 Å². The van der Waals surface area contributed by atoms with Gasteiger partial charge in [0.1, 0.15) is 12.2 Å². The molecule has 0 saturated heterocycles. The van der Waals surface area contributed by atoms with Crippen LogP contribution in [0, 0.1) is 0 Å². The Morgan fingerprint density at radius 3 is 2.73 bits per heavy atom. The summed E-state index contributed by atoms with van der Waals surface area (Å²) >= 11 is 0. The maximum atomic E-state index is 12.6. The highest BCUT2D eigenvalue weighted by molar-refractivity contribution is 5.94. The Labute approximate surface area is 173 Å². The number of H-pyrrole nitrogens is 1. The van der Waals surface area contributed by atoms with Crippen LogP contribution in [0.2, 0.25) is 0 Å². The van der Waals surface area contributed by atoms with E-state index in [4.69, 9.17) is 18.9 Å². The molecule has 0 bridgehead atoms. The fraction of sp³-hybridized carbons (Fsp3) is 0.318. The van der Waals surface area contributed by atoms with Crippen molar-refractivity contribution in [3.8, 4) is 17.2 Å². The Kier molecular flexibility index (Phi) is 6.25. The Morgan fingerprint density at radius 2 is 2.07 bits per heavy atom. The number of ether oxygens (including phenoxy) is 4. The number of fused-ring (bicyclic) bond motifs is 1. The van der Waals surface area contributed by atoms with Crippen molar-refractivity contribution >= 4 is 11.9 Å². The first-order chi connectivity index (χ1) is 14.3. The van der Waals surface area contributed by atoms with Gasteiger partial charge in [-0.25, -0.2) is 4.79 Å². The average molecular weight is 413 g/mol. The van der Waals surface area contributed by atoms with Gasteiger partial charge < -0.3 is 23.9 Å². The summed E-state index contributed by atoms with van der Waals surface area (Å²) in [6.07, 6.45) is 1.14. The van der Waals surface area contributed by atoms with Crippen LogP contribution in [0.1, 0.15) is 47.7 Å². The van der Waals surface area contributed by atoms with Crippen molar-refractivity contribution in [1.29, 1.82) is 0 Å². The molecule has 2 aromatic rings. The SMILES string of the molecule is C=C(C)COc1ccc(C2CC(=O)Oc3c(C(=O)OCC)c[nH]c(=O)c32)cc1OC. The Bertz CT molecular complexity index is 1050. The topological polar surface area (TPSA) is 104 Å². The van der Waals surface area contributed by atoms with Crippen molar-refractivity contribution in [2.75, 3.05) is 20.3 Å². The number of carbonyl (C=O) groups excluding carboxylic acids is 2. The van der Waals surface area contributed by atoms with Crippen molar-refractivity contribution in [2.24, 2.45) is 0 Å². The predicted octanol–water partition coefficient (Wildman–Crippen LogP) is 2.96. The van der Waals surface area contributed by atoms with Crippen molar-refractivity contribution in [3.05, 3.63) is 63.6 Å². The van der Waals surface area contributed by atoms with Crippen LogP contribution in [0.5, 0.6) is 17.2 Å². The van der Waals surface area contributed by atoms with E-state index in [9.17, 15) is 14.4 Å². The number of benzene rings is 1. The number of nitrogens with one attached hydrogen (secondary N) is 1. The number of aromatic amines is 1. The quantitative estimate of drug-likeness (QED) is 0.550. The summed E-state index contributed by atoms with van der Waals surface area (Å²) in [6, 6.07) is 5.16. The van der Waals surface area contributed by atoms with Gasteiger partial charge >= 0.3 is 11.9 Å². The highest BCUT2D eigenvalue weighted by atomic mass is 16.5. The summed E-state index contributed by atoms with van der Waals surface area (Å²) in [5.41, 5.74) is 1.25. The molecule has 1 atom stereocenters. The summed E-state index contributed by atoms with van der Waals surface area (Å²) in [7, 11) is 1.50. The lowest BCUT2D eigenvalue weighted by molar-refractivity contribution is -0.135. The second kappa shape index (κ2) is 8.86. The molecule has 1 N–H and O–H groups in total. The number of hydrogen-bond acceptors (Lipinski definition) is 7. The number of hydrogen-bond donors (Lipinski definition) is 1. The lowest BCUT2D eigenvalue weighted by Crippen LogP contribution is -2.30. The van der Waals surface area contributed by atoms with Crippen LogP contribution in [-0.4, -0.2) is 37.2 Å². The summed E-state index contributed by atoms with van der Waals surface area (Å²) in [4.78, 5) is 39.7. The average Bonchev–Trinajstić information content (AvgIpc) is 2.71. The Hall–Kier alpha value is -3.55. The van der Waals surface area contributed by atoms with Crippen LogP contribution in [0.15, 0.2) is 41.3 Å². The molecule has 0 spiro atoms. The Balaban J connectivity index is 2.08. The first-order valence-electron chi connectivity index (χ1n) is 9.44. The van der Waals surface area contributed by atoms with Crippen molar-refractivity contribution in [2.45, 2.75) is 26.2 Å². The van der Waals surface area contributed by atoms with Crippen molar-refractivity contribution < 1.29 is 28.5 Å². The zero-order valence-corrected chi connectivity index (χ0v) is 17.1. The van der Waals surface area contributed by atoms with Crippen LogP contribution in [0.4, 0.5) is 0 Å². The maximum absolute atomic E-state index is 12.6. The first-order valence-corrected chi connectivity index (χ1v) is 9.44. The van der Waals surface area contributed by atoms with Crippen LogP contribution >= 0.6 is 0 Å². The van der Waals surface area contributed by atoms with Gasteiger partial charge in [0.15, 0.2) is 17.2 Å². The molecule has 1 aromatic carbocycles. The van der Waals surface area contributed by atoms with E-state index in [0.717, 1.165) is 5.57 Å². The minimum absolute atomic E-state index is 0.00197. The molecule has 0 saturated carbocycles. The molecule has 0 radical (unpaired) electrons. The smallest absolute Gasteiger partial charge is 0.343 e. The number of methoxy groups -OCH3 is 1. The van der Waals surface area contributed by atoms with Gasteiger partial charge in [-0.15, -0.1) is 0 Å². The normalized spacial score (nSPS) is 15.0. The summed E-state index contributed by atoms with van der Waals surface area (Å²) in [5, 5.41) is 0. The van der Waals surface area contributed by atoms with E-state index in [1.165, 1.54) is 13.3 Å². The molecule has 1 unspecified atom stereocenters. The van der Waals surface area contributed by atoms with Crippen LogP contribution in [0.25, 0.3) is 0 Å². The van der Waals surface area contributed by atoms with E-state index in [1.807, 2.05) is 6.92 Å². The van der Waals surface area contributed by atoms with E-state index in [-0.39, 0.29) is 29.9 Å². The number of aromatic nitrogens is 1. The van der Waals surface area contributed by atoms with Gasteiger partial charge in [0.2, 0.25) is 0 Å². The minimum atomic E-state index is -0.681. The predicted molar refractivity (Wildman–Crippen MR) is 108 cm³/mol. The molecule has 8 heteroatoms. The van der Waals surface area contributed by atoms with Gasteiger partial charge in [-0.05, 0) is 37.1 Å². The molecule has 0 amide bonds. The minimum Gasteiger partial charge on any atom is -0.493 e. The standard InChI is InChI=1S/C22H23NO7/c1-5-28-22(26)15-10-23-21(25)19-14(9-18(24)30-20(15)19)13-6-7-16(17(8-13)27-4)29-11-12(2)3/h6-8,10,14H,2,5,9,11H2,1,3-4H3,(H,23,25). The lowest BCUT2D eigenvalue weighted by atomic mass is 9.86. The van der Waals surface area contributed by atoms with Gasteiger partial charge in [-0.1, -0.05) is 12.6 Å². The summed E-state index contributed by atoms with van der Waals surface area (Å²) in [5.74, 6) is -0.961. The molecular weight excluding hydrogens is 390 g/mol. The molecule has 2 heterocycles. The second-order valence-corrected chi connectivity index (χ2v) is 6.88. The van der Waals surface area contributed by atoms with Crippen LogP contribution in [-0.2, 0) is 9.53 Å². The highest BCUT2D eigenvalue weighted by Gasteiger charge is 2.35. The van der Waals surface area contributed by atoms with Gasteiger partial charge in [0, 0.05) is 12.1 Å². The van der Waals surface area contributed by atoms with Crippen LogP contribution in [0.3, 0.4) is 0 Å². The molecule has 158 valence electrons. The molecular formula is C22H23NO7. The zero-order valence-electron chi connectivity index (χ0n) is 17.1. The maximum Gasteiger partial charge on any atom is 0.343 e. The van der Waals surface area contributed by atoms with E-state index >= 15 is 0 Å². The van der Waals surface area contributed by atoms with Crippen molar-refractivity contribution in [3.63, 3.8) is 0 Å². The zero-order chi connectivity index (χ0) is 21.8. The van der Waals surface area contributed by atoms with Gasteiger partial charge in [0.05, 0.1) is 25.7 Å². The van der Waals surface area contributed by atoms with Gasteiger partial charge in [0.25, 0.3) is 5.56 Å². The number of esters is 2. The highest BCUT2D eigenvalue weighted by Crippen LogP contribution is 2.41. The third kappa shape index (κ3) is 4.22. The van der Waals surface area contributed by atoms with Crippen LogP contribution < -0.4 is 19.8 Å². The second-order valence-electron chi connectivity index (χ2n) is 6.88. The summed E-state index contributed by atoms with van der Waals surface area (Å²) < 4.78 is 21.4. The monoisotopic (exact) mass is 413 g/mol. The van der Waals surface area contributed by atoms with Crippen molar-refractivity contribution in [1.82, 2.24) is 4.98 Å². The van der Waals surface area contributed by atoms with E-state index in [1.54, 1.807) is 25.1 Å². The third-order valence-corrected chi connectivity index (χ3v) is 4.58. The fourth-order valence-corrected chi connectivity index (χ4v) is 3.25. The molecule has 0 aliphatic carbocycles. The summed E-state index contributed by atoms with van der Waals surface area (Å²) in [6.45, 7) is 7.79. The van der Waals surface area contributed by atoms with E-state index in [2.05, 4.69) is 11.6 Å². The Morgan fingerprint density at radius 1 is 1.30 bits per heavy atom. The number of rotatable bonds is 7. The molecule has 30 heavy (non-hydrogen) atoms. The molecule has 1 aliphatic heterocycles. The molecule has 0 fully saturated rings. The molecule has 3 rings (SSSR count). The molecule has 1 aromatic heterocycles.